The number of carbonyl (C=O) groups excluding carboxylic acids is 2. The number of anilines is 2. The van der Waals surface area contributed by atoms with Crippen LogP contribution in [0.15, 0.2) is 42.5 Å². The Morgan fingerprint density at radius 1 is 1.22 bits per heavy atom. The molecular weight excluding hydrogens is 457 g/mol. The lowest BCUT2D eigenvalue weighted by Crippen LogP contribution is -2.34. The van der Waals surface area contributed by atoms with Crippen LogP contribution in [-0.4, -0.2) is 40.7 Å². The molecular formula is C21H19ClFN5O3S. The number of hydrogen-bond acceptors (Lipinski definition) is 6. The third kappa shape index (κ3) is 4.81. The van der Waals surface area contributed by atoms with Crippen molar-refractivity contribution in [2.24, 2.45) is 0 Å². The van der Waals surface area contributed by atoms with E-state index < -0.39 is 11.7 Å². The molecule has 1 saturated heterocycles. The SMILES string of the molecule is COc1ccc(Cl)cc1NC(=O)N1CCCC1c1nnc(C(=O)Nc2cccc(F)c2)s1. The highest BCUT2D eigenvalue weighted by atomic mass is 35.5. The van der Waals surface area contributed by atoms with Crippen molar-refractivity contribution < 1.29 is 18.7 Å². The summed E-state index contributed by atoms with van der Waals surface area (Å²) in [5, 5.41) is 14.7. The van der Waals surface area contributed by atoms with Crippen molar-refractivity contribution in [3.05, 3.63) is 63.3 Å². The molecule has 11 heteroatoms. The minimum absolute atomic E-state index is 0.132. The van der Waals surface area contributed by atoms with E-state index in [9.17, 15) is 14.0 Å². The van der Waals surface area contributed by atoms with Gasteiger partial charge in [0.15, 0.2) is 0 Å². The maximum atomic E-state index is 13.3. The van der Waals surface area contributed by atoms with Crippen LogP contribution in [0.5, 0.6) is 5.75 Å². The number of likely N-dealkylation sites (tertiary alicyclic amines) is 1. The second-order valence-corrected chi connectivity index (χ2v) is 8.48. The Hall–Kier alpha value is -3.24. The van der Waals surface area contributed by atoms with Gasteiger partial charge < -0.3 is 20.3 Å². The Kier molecular flexibility index (Phi) is 6.52. The number of halogens is 2. The van der Waals surface area contributed by atoms with Crippen LogP contribution < -0.4 is 15.4 Å². The van der Waals surface area contributed by atoms with Crippen molar-refractivity contribution in [2.45, 2.75) is 18.9 Å². The van der Waals surface area contributed by atoms with Crippen molar-refractivity contribution in [1.29, 1.82) is 0 Å². The number of amides is 3. The molecule has 0 aliphatic carbocycles. The number of nitrogens with one attached hydrogen (secondary N) is 2. The Balaban J connectivity index is 1.47. The molecule has 0 spiro atoms. The van der Waals surface area contributed by atoms with Gasteiger partial charge in [0.05, 0.1) is 18.8 Å². The third-order valence-electron chi connectivity index (χ3n) is 4.92. The van der Waals surface area contributed by atoms with Gasteiger partial charge >= 0.3 is 6.03 Å². The molecule has 1 aromatic heterocycles. The summed E-state index contributed by atoms with van der Waals surface area (Å²) in [5.41, 5.74) is 0.784. The van der Waals surface area contributed by atoms with Crippen LogP contribution in [0.4, 0.5) is 20.6 Å². The fraction of sp³-hybridized carbons (Fsp3) is 0.238. The van der Waals surface area contributed by atoms with Crippen LogP contribution >= 0.6 is 22.9 Å². The summed E-state index contributed by atoms with van der Waals surface area (Å²) in [6.45, 7) is 0.532. The lowest BCUT2D eigenvalue weighted by atomic mass is 10.2. The summed E-state index contributed by atoms with van der Waals surface area (Å²) in [5.74, 6) is -0.451. The van der Waals surface area contributed by atoms with Gasteiger partial charge in [0.1, 0.15) is 16.6 Å². The van der Waals surface area contributed by atoms with Crippen LogP contribution in [0.25, 0.3) is 0 Å². The lowest BCUT2D eigenvalue weighted by Gasteiger charge is -2.23. The Labute approximate surface area is 192 Å². The molecule has 1 aliphatic heterocycles. The Morgan fingerprint density at radius 2 is 2.06 bits per heavy atom. The minimum Gasteiger partial charge on any atom is -0.495 e. The topological polar surface area (TPSA) is 96.4 Å². The van der Waals surface area contributed by atoms with Crippen molar-refractivity contribution in [3.8, 4) is 5.75 Å². The molecule has 2 N–H and O–H groups in total. The quantitative estimate of drug-likeness (QED) is 0.543. The molecule has 166 valence electrons. The standard InChI is InChI=1S/C21H19ClFN5O3S/c1-31-17-8-7-12(22)10-15(17)25-21(30)28-9-3-6-16(28)19-26-27-20(32-19)18(29)24-14-5-2-4-13(23)11-14/h2,4-5,7-8,10-11,16H,3,6,9H2,1H3,(H,24,29)(H,25,30). The molecule has 32 heavy (non-hydrogen) atoms. The molecule has 2 heterocycles. The number of nitrogens with zero attached hydrogens (tertiary/aromatic N) is 3. The first-order valence-electron chi connectivity index (χ1n) is 9.76. The second kappa shape index (κ2) is 9.49. The van der Waals surface area contributed by atoms with Crippen LogP contribution in [0, 0.1) is 5.82 Å². The Morgan fingerprint density at radius 3 is 2.84 bits per heavy atom. The third-order valence-corrected chi connectivity index (χ3v) is 6.18. The Bertz CT molecular complexity index is 1160. The fourth-order valence-electron chi connectivity index (χ4n) is 3.44. The van der Waals surface area contributed by atoms with Gasteiger partial charge in [0.25, 0.3) is 5.91 Å². The largest absolute Gasteiger partial charge is 0.495 e. The van der Waals surface area contributed by atoms with E-state index in [4.69, 9.17) is 16.3 Å². The van der Waals surface area contributed by atoms with E-state index in [1.54, 1.807) is 29.2 Å². The van der Waals surface area contributed by atoms with Gasteiger partial charge in [-0.2, -0.15) is 0 Å². The first-order chi connectivity index (χ1) is 15.4. The van der Waals surface area contributed by atoms with Gasteiger partial charge in [0, 0.05) is 17.3 Å². The molecule has 1 aliphatic rings. The summed E-state index contributed by atoms with van der Waals surface area (Å²) in [7, 11) is 1.51. The number of carbonyl (C=O) groups is 2. The lowest BCUT2D eigenvalue weighted by molar-refractivity contribution is 0.102. The highest BCUT2D eigenvalue weighted by Crippen LogP contribution is 2.35. The molecule has 1 fully saturated rings. The molecule has 0 bridgehead atoms. The zero-order chi connectivity index (χ0) is 22.7. The van der Waals surface area contributed by atoms with Gasteiger partial charge in [-0.25, -0.2) is 9.18 Å². The number of hydrogen-bond donors (Lipinski definition) is 2. The van der Waals surface area contributed by atoms with E-state index in [2.05, 4.69) is 20.8 Å². The number of benzene rings is 2. The smallest absolute Gasteiger partial charge is 0.322 e. The minimum atomic E-state index is -0.489. The maximum Gasteiger partial charge on any atom is 0.322 e. The van der Waals surface area contributed by atoms with Crippen molar-refractivity contribution in [3.63, 3.8) is 0 Å². The normalized spacial score (nSPS) is 15.5. The molecule has 3 amide bonds. The highest BCUT2D eigenvalue weighted by molar-refractivity contribution is 7.13. The first kappa shape index (κ1) is 22.0. The predicted molar refractivity (Wildman–Crippen MR) is 120 cm³/mol. The van der Waals surface area contributed by atoms with Gasteiger partial charge in [0.2, 0.25) is 5.01 Å². The molecule has 0 radical (unpaired) electrons. The second-order valence-electron chi connectivity index (χ2n) is 7.04. The van der Waals surface area contributed by atoms with Crippen molar-refractivity contribution >= 4 is 46.3 Å². The van der Waals surface area contributed by atoms with Gasteiger partial charge in [-0.3, -0.25) is 4.79 Å². The zero-order valence-electron chi connectivity index (χ0n) is 17.0. The number of methoxy groups -OCH3 is 1. The van der Waals surface area contributed by atoms with E-state index in [0.29, 0.717) is 40.1 Å². The number of ether oxygens (including phenoxy) is 1. The predicted octanol–water partition coefficient (Wildman–Crippen LogP) is 4.96. The zero-order valence-corrected chi connectivity index (χ0v) is 18.5. The summed E-state index contributed by atoms with van der Waals surface area (Å²) >= 11 is 7.15. The summed E-state index contributed by atoms with van der Waals surface area (Å²) in [6, 6.07) is 9.91. The molecule has 1 atom stereocenters. The molecule has 4 rings (SSSR count). The number of aromatic nitrogens is 2. The molecule has 3 aromatic rings. The van der Waals surface area contributed by atoms with Crippen LogP contribution in [-0.2, 0) is 0 Å². The molecule has 1 unspecified atom stereocenters. The van der Waals surface area contributed by atoms with E-state index in [0.717, 1.165) is 17.8 Å². The van der Waals surface area contributed by atoms with Gasteiger partial charge in [-0.05, 0) is 49.2 Å². The molecule has 8 nitrogen and oxygen atoms in total. The van der Waals surface area contributed by atoms with E-state index in [1.807, 2.05) is 0 Å². The van der Waals surface area contributed by atoms with Crippen molar-refractivity contribution in [1.82, 2.24) is 15.1 Å². The van der Waals surface area contributed by atoms with Crippen molar-refractivity contribution in [2.75, 3.05) is 24.3 Å². The van der Waals surface area contributed by atoms with E-state index in [-0.39, 0.29) is 17.1 Å². The average Bonchev–Trinajstić information content (AvgIpc) is 3.43. The first-order valence-corrected chi connectivity index (χ1v) is 11.0. The highest BCUT2D eigenvalue weighted by Gasteiger charge is 2.33. The van der Waals surface area contributed by atoms with E-state index >= 15 is 0 Å². The van der Waals surface area contributed by atoms with E-state index in [1.165, 1.54) is 25.3 Å². The number of urea groups is 1. The summed E-state index contributed by atoms with van der Waals surface area (Å²) in [6.07, 6.45) is 1.48. The molecule has 0 saturated carbocycles. The average molecular weight is 476 g/mol. The fourth-order valence-corrected chi connectivity index (χ4v) is 4.50. The summed E-state index contributed by atoms with van der Waals surface area (Å²) < 4.78 is 18.6. The van der Waals surface area contributed by atoms with Gasteiger partial charge in [-0.1, -0.05) is 29.0 Å². The number of rotatable bonds is 5. The maximum absolute atomic E-state index is 13.3. The van der Waals surface area contributed by atoms with Crippen LogP contribution in [0.2, 0.25) is 5.02 Å². The van der Waals surface area contributed by atoms with Crippen LogP contribution in [0.3, 0.4) is 0 Å². The monoisotopic (exact) mass is 475 g/mol. The van der Waals surface area contributed by atoms with Crippen LogP contribution in [0.1, 0.15) is 33.7 Å². The van der Waals surface area contributed by atoms with Gasteiger partial charge in [-0.15, -0.1) is 10.2 Å². The molecule has 2 aromatic carbocycles. The summed E-state index contributed by atoms with van der Waals surface area (Å²) in [4.78, 5) is 27.1.